The molecule has 2 atom stereocenters. The highest BCUT2D eigenvalue weighted by molar-refractivity contribution is 5.81. The lowest BCUT2D eigenvalue weighted by Gasteiger charge is -2.21. The Bertz CT molecular complexity index is 532. The van der Waals surface area contributed by atoms with Gasteiger partial charge in [0.05, 0.1) is 19.3 Å². The molecule has 0 spiro atoms. The predicted molar refractivity (Wildman–Crippen MR) is 113 cm³/mol. The van der Waals surface area contributed by atoms with E-state index >= 15 is 0 Å². The summed E-state index contributed by atoms with van der Waals surface area (Å²) in [7, 11) is 0. The van der Waals surface area contributed by atoms with Gasteiger partial charge in [0.25, 0.3) is 0 Å². The quantitative estimate of drug-likeness (QED) is 0.309. The van der Waals surface area contributed by atoms with Gasteiger partial charge in [0.2, 0.25) is 0 Å². The maximum atomic E-state index is 12.7. The minimum Gasteiger partial charge on any atom is -0.390 e. The zero-order valence-electron chi connectivity index (χ0n) is 17.5. The highest BCUT2D eigenvalue weighted by Crippen LogP contribution is 2.18. The molecule has 0 unspecified atom stereocenters. The second-order valence-corrected chi connectivity index (χ2v) is 7.68. The Morgan fingerprint density at radius 1 is 1.07 bits per heavy atom. The molecule has 0 saturated heterocycles. The standard InChI is InChI=1S/C24H38O3/c1-4-5-6-7-8-12-15-23(25)22(17-16-20(2)3)24(26)19-27-18-21-13-10-9-11-14-21/h9-11,13-14,16,22,24,26H,4-8,12,15,17-19H2,1-3H3/t22-,24+/m1/s1. The Hall–Kier alpha value is -1.45. The lowest BCUT2D eigenvalue weighted by atomic mass is 9.90. The molecular formula is C24H38O3. The van der Waals surface area contributed by atoms with E-state index in [1.807, 2.05) is 50.3 Å². The van der Waals surface area contributed by atoms with Crippen molar-refractivity contribution in [3.05, 3.63) is 47.5 Å². The average Bonchev–Trinajstić information content (AvgIpc) is 2.65. The van der Waals surface area contributed by atoms with E-state index in [0.29, 0.717) is 19.4 Å². The van der Waals surface area contributed by atoms with Gasteiger partial charge in [0.1, 0.15) is 5.78 Å². The molecule has 0 heterocycles. The van der Waals surface area contributed by atoms with Crippen LogP contribution in [0.25, 0.3) is 0 Å². The first-order valence-electron chi connectivity index (χ1n) is 10.5. The maximum absolute atomic E-state index is 12.7. The summed E-state index contributed by atoms with van der Waals surface area (Å²) in [5, 5.41) is 10.6. The van der Waals surface area contributed by atoms with Crippen LogP contribution < -0.4 is 0 Å². The van der Waals surface area contributed by atoms with Gasteiger partial charge in [0.15, 0.2) is 0 Å². The number of rotatable bonds is 15. The maximum Gasteiger partial charge on any atom is 0.138 e. The molecule has 1 rings (SSSR count). The number of Topliss-reactive ketones (excluding diaryl/α,β-unsaturated/α-hetero) is 1. The second kappa shape index (κ2) is 14.6. The minimum absolute atomic E-state index is 0.166. The molecule has 0 aromatic heterocycles. The SMILES string of the molecule is CCCCCCCCC(=O)[C@@H](CC=C(C)C)[C@@H](O)COCc1ccccc1. The average molecular weight is 375 g/mol. The van der Waals surface area contributed by atoms with E-state index in [0.717, 1.165) is 18.4 Å². The third kappa shape index (κ3) is 11.1. The first-order valence-corrected chi connectivity index (χ1v) is 10.5. The molecular weight excluding hydrogens is 336 g/mol. The van der Waals surface area contributed by atoms with E-state index in [-0.39, 0.29) is 18.3 Å². The monoisotopic (exact) mass is 374 g/mol. The van der Waals surface area contributed by atoms with Gasteiger partial charge in [-0.2, -0.15) is 0 Å². The van der Waals surface area contributed by atoms with E-state index in [1.54, 1.807) is 0 Å². The molecule has 0 aliphatic heterocycles. The molecule has 0 aliphatic rings. The fraction of sp³-hybridized carbons (Fsp3) is 0.625. The summed E-state index contributed by atoms with van der Waals surface area (Å²) in [5.74, 6) is -0.204. The van der Waals surface area contributed by atoms with Crippen LogP contribution in [0.15, 0.2) is 42.0 Å². The van der Waals surface area contributed by atoms with E-state index in [9.17, 15) is 9.90 Å². The van der Waals surface area contributed by atoms with Gasteiger partial charge in [0, 0.05) is 12.3 Å². The van der Waals surface area contributed by atoms with Gasteiger partial charge in [-0.05, 0) is 32.3 Å². The first kappa shape index (κ1) is 23.6. The molecule has 0 fully saturated rings. The number of aliphatic hydroxyl groups excluding tert-OH is 1. The number of aliphatic hydroxyl groups is 1. The topological polar surface area (TPSA) is 46.5 Å². The molecule has 0 aliphatic carbocycles. The number of carbonyl (C=O) groups excluding carboxylic acids is 1. The molecule has 1 aromatic carbocycles. The van der Waals surface area contributed by atoms with E-state index in [2.05, 4.69) is 6.92 Å². The van der Waals surface area contributed by atoms with Crippen molar-refractivity contribution in [2.45, 2.75) is 84.8 Å². The Morgan fingerprint density at radius 3 is 2.41 bits per heavy atom. The van der Waals surface area contributed by atoms with Crippen LogP contribution in [-0.4, -0.2) is 23.6 Å². The van der Waals surface area contributed by atoms with Crippen LogP contribution in [0.1, 0.15) is 77.7 Å². The first-order chi connectivity index (χ1) is 13.0. The van der Waals surface area contributed by atoms with Crippen molar-refractivity contribution in [3.8, 4) is 0 Å². The molecule has 1 aromatic rings. The second-order valence-electron chi connectivity index (χ2n) is 7.68. The summed E-state index contributed by atoms with van der Waals surface area (Å²) in [5.41, 5.74) is 2.24. The fourth-order valence-electron chi connectivity index (χ4n) is 3.12. The van der Waals surface area contributed by atoms with Crippen LogP contribution in [0.5, 0.6) is 0 Å². The lowest BCUT2D eigenvalue weighted by molar-refractivity contribution is -0.128. The normalized spacial score (nSPS) is 13.2. The van der Waals surface area contributed by atoms with Crippen LogP contribution in [-0.2, 0) is 16.1 Å². The van der Waals surface area contributed by atoms with Crippen molar-refractivity contribution in [1.29, 1.82) is 0 Å². The third-order valence-electron chi connectivity index (χ3n) is 4.83. The Balaban J connectivity index is 2.45. The van der Waals surface area contributed by atoms with Crippen molar-refractivity contribution < 1.29 is 14.6 Å². The Labute approximate surface area is 165 Å². The predicted octanol–water partition coefficient (Wildman–Crippen LogP) is 5.86. The minimum atomic E-state index is -0.753. The van der Waals surface area contributed by atoms with Crippen molar-refractivity contribution in [2.24, 2.45) is 5.92 Å². The summed E-state index contributed by atoms with van der Waals surface area (Å²) in [6.07, 6.45) is 9.42. The van der Waals surface area contributed by atoms with Crippen molar-refractivity contribution in [1.82, 2.24) is 0 Å². The third-order valence-corrected chi connectivity index (χ3v) is 4.83. The lowest BCUT2D eigenvalue weighted by Crippen LogP contribution is -2.32. The summed E-state index contributed by atoms with van der Waals surface area (Å²) >= 11 is 0. The largest absolute Gasteiger partial charge is 0.390 e. The number of allylic oxidation sites excluding steroid dienone is 2. The number of ketones is 1. The van der Waals surface area contributed by atoms with Crippen molar-refractivity contribution in [2.75, 3.05) is 6.61 Å². The number of ether oxygens (including phenoxy) is 1. The van der Waals surface area contributed by atoms with E-state index in [4.69, 9.17) is 4.74 Å². The summed E-state index contributed by atoms with van der Waals surface area (Å²) < 4.78 is 5.67. The highest BCUT2D eigenvalue weighted by atomic mass is 16.5. The number of hydrogen-bond acceptors (Lipinski definition) is 3. The van der Waals surface area contributed by atoms with Gasteiger partial charge in [-0.1, -0.05) is 81.0 Å². The summed E-state index contributed by atoms with van der Waals surface area (Å²) in [6.45, 7) is 6.90. The van der Waals surface area contributed by atoms with Gasteiger partial charge in [-0.15, -0.1) is 0 Å². The molecule has 3 heteroatoms. The number of unbranched alkanes of at least 4 members (excludes halogenated alkanes) is 5. The summed E-state index contributed by atoms with van der Waals surface area (Å²) in [6, 6.07) is 9.90. The van der Waals surface area contributed by atoms with Crippen LogP contribution in [0.4, 0.5) is 0 Å². The van der Waals surface area contributed by atoms with Crippen molar-refractivity contribution >= 4 is 5.78 Å². The highest BCUT2D eigenvalue weighted by Gasteiger charge is 2.25. The molecule has 0 radical (unpaired) electrons. The molecule has 0 saturated carbocycles. The molecule has 27 heavy (non-hydrogen) atoms. The van der Waals surface area contributed by atoms with Gasteiger partial charge >= 0.3 is 0 Å². The smallest absolute Gasteiger partial charge is 0.138 e. The van der Waals surface area contributed by atoms with E-state index in [1.165, 1.54) is 31.3 Å². The van der Waals surface area contributed by atoms with Crippen LogP contribution in [0, 0.1) is 5.92 Å². The summed E-state index contributed by atoms with van der Waals surface area (Å²) in [4.78, 5) is 12.7. The number of benzene rings is 1. The molecule has 1 N–H and O–H groups in total. The number of carbonyl (C=O) groups is 1. The van der Waals surface area contributed by atoms with Crippen LogP contribution >= 0.6 is 0 Å². The van der Waals surface area contributed by atoms with Gasteiger partial charge < -0.3 is 9.84 Å². The van der Waals surface area contributed by atoms with Gasteiger partial charge in [-0.3, -0.25) is 4.79 Å². The van der Waals surface area contributed by atoms with Crippen molar-refractivity contribution in [3.63, 3.8) is 0 Å². The zero-order valence-corrected chi connectivity index (χ0v) is 17.5. The Morgan fingerprint density at radius 2 is 1.74 bits per heavy atom. The molecule has 0 bridgehead atoms. The van der Waals surface area contributed by atoms with E-state index < -0.39 is 6.10 Å². The molecule has 152 valence electrons. The van der Waals surface area contributed by atoms with Gasteiger partial charge in [-0.25, -0.2) is 0 Å². The van der Waals surface area contributed by atoms with Crippen LogP contribution in [0.3, 0.4) is 0 Å². The van der Waals surface area contributed by atoms with Crippen LogP contribution in [0.2, 0.25) is 0 Å². The zero-order chi connectivity index (χ0) is 19.9. The fourth-order valence-corrected chi connectivity index (χ4v) is 3.12. The molecule has 3 nitrogen and oxygen atoms in total. The number of hydrogen-bond donors (Lipinski definition) is 1. The Kier molecular flexibility index (Phi) is 12.7. The molecule has 0 amide bonds.